The molecule has 2 aliphatic carbocycles. The molecule has 4 unspecified atom stereocenters. The number of ether oxygens (including phenoxy) is 1. The van der Waals surface area contributed by atoms with Crippen LogP contribution in [0.1, 0.15) is 74.1 Å². The number of rotatable bonds is 3. The number of pyridine rings is 1. The Bertz CT molecular complexity index is 1060. The van der Waals surface area contributed by atoms with Gasteiger partial charge in [-0.15, -0.1) is 0 Å². The second-order valence-electron chi connectivity index (χ2n) is 9.65. The summed E-state index contributed by atoms with van der Waals surface area (Å²) in [5.41, 5.74) is 4.75. The van der Waals surface area contributed by atoms with Gasteiger partial charge in [-0.25, -0.2) is 4.79 Å². The maximum absolute atomic E-state index is 11.0. The van der Waals surface area contributed by atoms with E-state index in [2.05, 4.69) is 50.9 Å². The lowest BCUT2D eigenvalue weighted by atomic mass is 9.56. The Labute approximate surface area is 171 Å². The lowest BCUT2D eigenvalue weighted by molar-refractivity contribution is -0.0260. The second-order valence-corrected chi connectivity index (χ2v) is 9.65. The number of aromatic nitrogens is 1. The summed E-state index contributed by atoms with van der Waals surface area (Å²) in [5.74, 6) is 0.703. The largest absolute Gasteiger partial charge is 0.486 e. The maximum Gasteiger partial charge on any atom is 0.337 e. The zero-order chi connectivity index (χ0) is 20.6. The molecule has 29 heavy (non-hydrogen) atoms. The van der Waals surface area contributed by atoms with E-state index in [1.54, 1.807) is 12.1 Å². The first-order valence-electron chi connectivity index (χ1n) is 10.4. The van der Waals surface area contributed by atoms with Crippen molar-refractivity contribution in [2.45, 2.75) is 58.0 Å². The third-order valence-electron chi connectivity index (χ3n) is 8.41. The molecule has 2 aromatic rings. The molecular weight excluding hydrogens is 362 g/mol. The summed E-state index contributed by atoms with van der Waals surface area (Å²) < 4.78 is 6.62. The molecule has 1 aromatic heterocycles. The molecule has 1 aliphatic heterocycles. The molecule has 4 atom stereocenters. The first-order chi connectivity index (χ1) is 13.7. The molecular formula is C25H27NO3. The standard InChI is InChI=1S/C25H27NO3/c1-15(11-19-7-5-17(14-26-19)22(27)28)16-6-8-21-20(12-16)24(3)23(2)10-9-18(13-23)25(24,4)29-21/h5-8,11-12,14,18H,9-10,13H2,1-4H3,(H,27,28). The van der Waals surface area contributed by atoms with Crippen molar-refractivity contribution in [3.05, 3.63) is 58.9 Å². The summed E-state index contributed by atoms with van der Waals surface area (Å²) in [6, 6.07) is 9.89. The average molecular weight is 389 g/mol. The van der Waals surface area contributed by atoms with Gasteiger partial charge in [0.25, 0.3) is 0 Å². The Kier molecular flexibility index (Phi) is 3.63. The maximum atomic E-state index is 11.0. The van der Waals surface area contributed by atoms with Crippen molar-refractivity contribution in [2.24, 2.45) is 11.3 Å². The number of carboxylic acids is 1. The predicted molar refractivity (Wildman–Crippen MR) is 113 cm³/mol. The molecule has 5 rings (SSSR count). The van der Waals surface area contributed by atoms with Crippen LogP contribution in [-0.4, -0.2) is 21.7 Å². The lowest BCUT2D eigenvalue weighted by Crippen LogP contribution is -2.54. The summed E-state index contributed by atoms with van der Waals surface area (Å²) in [6.45, 7) is 9.25. The zero-order valence-electron chi connectivity index (χ0n) is 17.5. The summed E-state index contributed by atoms with van der Waals surface area (Å²) in [7, 11) is 0. The molecule has 4 heteroatoms. The SMILES string of the molecule is CC(=Cc1ccc(C(=O)O)cn1)c1ccc2c(c1)C1(C)C3(C)CCC(C3)C1(C)O2. The van der Waals surface area contributed by atoms with E-state index in [1.807, 2.05) is 6.08 Å². The highest BCUT2D eigenvalue weighted by molar-refractivity contribution is 5.87. The molecule has 0 spiro atoms. The van der Waals surface area contributed by atoms with Crippen LogP contribution in [0.4, 0.5) is 0 Å². The van der Waals surface area contributed by atoms with Crippen LogP contribution in [0.2, 0.25) is 0 Å². The number of carbonyl (C=O) groups is 1. The number of nitrogens with zero attached hydrogens (tertiary/aromatic N) is 1. The molecule has 0 saturated heterocycles. The van der Waals surface area contributed by atoms with Crippen LogP contribution in [0.25, 0.3) is 11.6 Å². The van der Waals surface area contributed by atoms with Gasteiger partial charge in [-0.1, -0.05) is 19.9 Å². The van der Waals surface area contributed by atoms with E-state index < -0.39 is 5.97 Å². The summed E-state index contributed by atoms with van der Waals surface area (Å²) in [4.78, 5) is 15.3. The quantitative estimate of drug-likeness (QED) is 0.746. The van der Waals surface area contributed by atoms with E-state index in [4.69, 9.17) is 9.84 Å². The highest BCUT2D eigenvalue weighted by Gasteiger charge is 2.73. The Morgan fingerprint density at radius 3 is 2.66 bits per heavy atom. The molecule has 2 bridgehead atoms. The molecule has 1 N–H and O–H groups in total. The number of allylic oxidation sites excluding steroid dienone is 1. The Morgan fingerprint density at radius 1 is 1.21 bits per heavy atom. The van der Waals surface area contributed by atoms with Crippen molar-refractivity contribution in [2.75, 3.05) is 0 Å². The number of aromatic carboxylic acids is 1. The average Bonchev–Trinajstić information content (AvgIpc) is 3.26. The molecule has 1 aromatic carbocycles. The number of carboxylic acid groups (broad SMARTS) is 1. The van der Waals surface area contributed by atoms with Crippen LogP contribution in [0, 0.1) is 11.3 Å². The summed E-state index contributed by atoms with van der Waals surface area (Å²) >= 11 is 0. The Hall–Kier alpha value is -2.62. The van der Waals surface area contributed by atoms with Crippen molar-refractivity contribution >= 4 is 17.6 Å². The smallest absolute Gasteiger partial charge is 0.337 e. The van der Waals surface area contributed by atoms with Gasteiger partial charge in [0.05, 0.1) is 11.3 Å². The molecule has 2 saturated carbocycles. The minimum Gasteiger partial charge on any atom is -0.486 e. The van der Waals surface area contributed by atoms with Gasteiger partial charge in [0.2, 0.25) is 0 Å². The van der Waals surface area contributed by atoms with Crippen molar-refractivity contribution in [3.8, 4) is 5.75 Å². The van der Waals surface area contributed by atoms with Gasteiger partial charge in [-0.2, -0.15) is 0 Å². The van der Waals surface area contributed by atoms with Gasteiger partial charge in [-0.05, 0) is 85.9 Å². The second kappa shape index (κ2) is 5.71. The fraction of sp³-hybridized carbons (Fsp3) is 0.440. The van der Waals surface area contributed by atoms with Gasteiger partial charge in [0.15, 0.2) is 0 Å². The fourth-order valence-electron chi connectivity index (χ4n) is 6.36. The Balaban J connectivity index is 1.53. The van der Waals surface area contributed by atoms with Crippen LogP contribution in [0.5, 0.6) is 5.75 Å². The number of hydrogen-bond donors (Lipinski definition) is 1. The van der Waals surface area contributed by atoms with Crippen molar-refractivity contribution < 1.29 is 14.6 Å². The van der Waals surface area contributed by atoms with Gasteiger partial charge >= 0.3 is 5.97 Å². The summed E-state index contributed by atoms with van der Waals surface area (Å²) in [5, 5.41) is 9.04. The highest BCUT2D eigenvalue weighted by atomic mass is 16.5. The topological polar surface area (TPSA) is 59.4 Å². The summed E-state index contributed by atoms with van der Waals surface area (Å²) in [6.07, 6.45) is 7.19. The molecule has 150 valence electrons. The molecule has 3 aliphatic rings. The van der Waals surface area contributed by atoms with E-state index in [-0.39, 0.29) is 22.0 Å². The molecule has 2 heterocycles. The molecule has 4 nitrogen and oxygen atoms in total. The van der Waals surface area contributed by atoms with Crippen LogP contribution in [0.3, 0.4) is 0 Å². The van der Waals surface area contributed by atoms with Crippen LogP contribution < -0.4 is 4.74 Å². The minimum absolute atomic E-state index is 0.0237. The normalized spacial score (nSPS) is 34.6. The number of hydrogen-bond acceptors (Lipinski definition) is 3. The lowest BCUT2D eigenvalue weighted by Gasteiger charge is -2.48. The predicted octanol–water partition coefficient (Wildman–Crippen LogP) is 5.57. The zero-order valence-corrected chi connectivity index (χ0v) is 17.5. The third kappa shape index (κ3) is 2.26. The van der Waals surface area contributed by atoms with Gasteiger partial charge in [-0.3, -0.25) is 4.98 Å². The van der Waals surface area contributed by atoms with E-state index in [0.29, 0.717) is 5.92 Å². The Morgan fingerprint density at radius 2 is 1.97 bits per heavy atom. The first kappa shape index (κ1) is 18.4. The van der Waals surface area contributed by atoms with E-state index in [9.17, 15) is 4.79 Å². The van der Waals surface area contributed by atoms with Crippen molar-refractivity contribution in [1.82, 2.24) is 4.98 Å². The van der Waals surface area contributed by atoms with E-state index >= 15 is 0 Å². The van der Waals surface area contributed by atoms with Crippen LogP contribution in [-0.2, 0) is 5.41 Å². The fourth-order valence-corrected chi connectivity index (χ4v) is 6.36. The monoisotopic (exact) mass is 389 g/mol. The molecule has 0 amide bonds. The third-order valence-corrected chi connectivity index (χ3v) is 8.41. The van der Waals surface area contributed by atoms with Crippen molar-refractivity contribution in [1.29, 1.82) is 0 Å². The van der Waals surface area contributed by atoms with Crippen LogP contribution >= 0.6 is 0 Å². The number of benzene rings is 1. The van der Waals surface area contributed by atoms with E-state index in [1.165, 1.54) is 31.0 Å². The molecule has 2 fully saturated rings. The minimum atomic E-state index is -0.959. The highest BCUT2D eigenvalue weighted by Crippen LogP contribution is 2.73. The van der Waals surface area contributed by atoms with Crippen molar-refractivity contribution in [3.63, 3.8) is 0 Å². The first-order valence-corrected chi connectivity index (χ1v) is 10.4. The van der Waals surface area contributed by atoms with E-state index in [0.717, 1.165) is 22.6 Å². The number of fused-ring (bicyclic) bond motifs is 7. The van der Waals surface area contributed by atoms with Gasteiger partial charge in [0.1, 0.15) is 11.4 Å². The van der Waals surface area contributed by atoms with Gasteiger partial charge in [0, 0.05) is 17.2 Å². The van der Waals surface area contributed by atoms with Gasteiger partial charge < -0.3 is 9.84 Å². The van der Waals surface area contributed by atoms with Crippen LogP contribution in [0.15, 0.2) is 36.5 Å². The molecule has 0 radical (unpaired) electrons.